The first-order chi connectivity index (χ1) is 5.24. The summed E-state index contributed by atoms with van der Waals surface area (Å²) in [6, 6.07) is 0. The van der Waals surface area contributed by atoms with Gasteiger partial charge in [-0.25, -0.2) is 4.99 Å². The van der Waals surface area contributed by atoms with Crippen molar-refractivity contribution in [2.45, 2.75) is 19.3 Å². The minimum atomic E-state index is 0.602. The fraction of sp³-hybridized carbons (Fsp3) is 0.571. The van der Waals surface area contributed by atoms with Gasteiger partial charge in [0.05, 0.1) is 5.70 Å². The van der Waals surface area contributed by atoms with Crippen molar-refractivity contribution >= 4 is 16.9 Å². The zero-order valence-corrected chi connectivity index (χ0v) is 7.45. The number of nitrogens with zero attached hydrogens (tertiary/aromatic N) is 1. The van der Waals surface area contributed by atoms with E-state index in [0.717, 1.165) is 30.7 Å². The van der Waals surface area contributed by atoms with Crippen LogP contribution in [0.3, 0.4) is 0 Å². The summed E-state index contributed by atoms with van der Waals surface area (Å²) in [4.78, 5) is 4.19. The van der Waals surface area contributed by atoms with Crippen molar-refractivity contribution in [1.82, 2.24) is 0 Å². The van der Waals surface area contributed by atoms with Gasteiger partial charge >= 0.3 is 0 Å². The number of aliphatic imine (C=N–C) groups is 1. The number of thioether (sulfide) groups is 1. The average molecular weight is 171 g/mol. The number of hydrogen-bond donors (Lipinski definition) is 2. The van der Waals surface area contributed by atoms with E-state index in [2.05, 4.69) is 4.99 Å². The SMILES string of the molecule is CSC(N)=NC1=C(N)CCC1. The van der Waals surface area contributed by atoms with Crippen molar-refractivity contribution in [2.24, 2.45) is 16.5 Å². The predicted molar refractivity (Wildman–Crippen MR) is 50.2 cm³/mol. The van der Waals surface area contributed by atoms with Crippen molar-refractivity contribution in [1.29, 1.82) is 0 Å². The van der Waals surface area contributed by atoms with Crippen molar-refractivity contribution < 1.29 is 0 Å². The first-order valence-corrected chi connectivity index (χ1v) is 4.82. The molecular weight excluding hydrogens is 158 g/mol. The first kappa shape index (κ1) is 8.46. The normalized spacial score (nSPS) is 19.5. The Hall–Kier alpha value is -0.640. The van der Waals surface area contributed by atoms with Crippen LogP contribution in [0.4, 0.5) is 0 Å². The van der Waals surface area contributed by atoms with E-state index >= 15 is 0 Å². The number of hydrogen-bond acceptors (Lipinski definition) is 3. The largest absolute Gasteiger partial charge is 0.401 e. The molecule has 0 spiro atoms. The van der Waals surface area contributed by atoms with Gasteiger partial charge in [0, 0.05) is 5.70 Å². The van der Waals surface area contributed by atoms with Crippen LogP contribution in [0.25, 0.3) is 0 Å². The number of rotatable bonds is 1. The third-order valence-corrected chi connectivity index (χ3v) is 2.19. The van der Waals surface area contributed by atoms with E-state index in [1.54, 1.807) is 0 Å². The first-order valence-electron chi connectivity index (χ1n) is 3.59. The zero-order valence-electron chi connectivity index (χ0n) is 6.63. The van der Waals surface area contributed by atoms with Crippen LogP contribution in [0.1, 0.15) is 19.3 Å². The van der Waals surface area contributed by atoms with Gasteiger partial charge < -0.3 is 11.5 Å². The lowest BCUT2D eigenvalue weighted by atomic mass is 10.3. The van der Waals surface area contributed by atoms with Gasteiger partial charge in [-0.05, 0) is 25.5 Å². The highest BCUT2D eigenvalue weighted by Gasteiger charge is 2.10. The second-order valence-corrected chi connectivity index (χ2v) is 3.31. The number of allylic oxidation sites excluding steroid dienone is 2. The summed E-state index contributed by atoms with van der Waals surface area (Å²) in [6.45, 7) is 0. The summed E-state index contributed by atoms with van der Waals surface area (Å²) in [7, 11) is 0. The Morgan fingerprint density at radius 1 is 1.55 bits per heavy atom. The molecule has 62 valence electrons. The second-order valence-electron chi connectivity index (χ2n) is 2.48. The van der Waals surface area contributed by atoms with Gasteiger partial charge in [0.15, 0.2) is 5.17 Å². The summed E-state index contributed by atoms with van der Waals surface area (Å²) in [6.07, 6.45) is 4.98. The van der Waals surface area contributed by atoms with Crippen LogP contribution in [-0.4, -0.2) is 11.4 Å². The molecule has 1 rings (SSSR count). The molecule has 0 saturated heterocycles. The topological polar surface area (TPSA) is 64.4 Å². The molecule has 0 aromatic rings. The summed E-state index contributed by atoms with van der Waals surface area (Å²) in [5, 5.41) is 0.602. The van der Waals surface area contributed by atoms with Crippen molar-refractivity contribution in [3.05, 3.63) is 11.4 Å². The Bertz CT molecular complexity index is 208. The lowest BCUT2D eigenvalue weighted by molar-refractivity contribution is 0.885. The van der Waals surface area contributed by atoms with Crippen molar-refractivity contribution in [3.8, 4) is 0 Å². The van der Waals surface area contributed by atoms with Gasteiger partial charge in [-0.15, -0.1) is 0 Å². The Morgan fingerprint density at radius 3 is 2.73 bits per heavy atom. The third kappa shape index (κ3) is 2.15. The highest BCUT2D eigenvalue weighted by Crippen LogP contribution is 2.23. The van der Waals surface area contributed by atoms with Crippen LogP contribution in [0, 0.1) is 0 Å². The molecule has 0 heterocycles. The smallest absolute Gasteiger partial charge is 0.158 e. The van der Waals surface area contributed by atoms with E-state index in [9.17, 15) is 0 Å². The van der Waals surface area contributed by atoms with Crippen molar-refractivity contribution in [3.63, 3.8) is 0 Å². The maximum Gasteiger partial charge on any atom is 0.158 e. The summed E-state index contributed by atoms with van der Waals surface area (Å²) in [5.74, 6) is 0. The number of amidine groups is 1. The Morgan fingerprint density at radius 2 is 2.27 bits per heavy atom. The van der Waals surface area contributed by atoms with Crippen LogP contribution in [0.15, 0.2) is 16.4 Å². The molecule has 4 heteroatoms. The van der Waals surface area contributed by atoms with Gasteiger partial charge in [-0.3, -0.25) is 0 Å². The van der Waals surface area contributed by atoms with Crippen LogP contribution < -0.4 is 11.5 Å². The quantitative estimate of drug-likeness (QED) is 0.457. The van der Waals surface area contributed by atoms with Gasteiger partial charge in [0.2, 0.25) is 0 Å². The molecule has 1 aliphatic rings. The van der Waals surface area contributed by atoms with Crippen LogP contribution in [0.5, 0.6) is 0 Å². The summed E-state index contributed by atoms with van der Waals surface area (Å²) < 4.78 is 0. The number of nitrogens with two attached hydrogens (primary N) is 2. The van der Waals surface area contributed by atoms with Crippen LogP contribution in [0.2, 0.25) is 0 Å². The maximum absolute atomic E-state index is 5.69. The summed E-state index contributed by atoms with van der Waals surface area (Å²) in [5.41, 5.74) is 13.1. The van der Waals surface area contributed by atoms with Gasteiger partial charge in [-0.2, -0.15) is 0 Å². The molecule has 0 aromatic heterocycles. The third-order valence-electron chi connectivity index (χ3n) is 1.68. The maximum atomic E-state index is 5.69. The standard InChI is InChI=1S/C7H13N3S/c1-11-7(9)10-6-4-2-3-5(6)8/h2-4,8H2,1H3,(H2,9,10). The Kier molecular flexibility index (Phi) is 2.82. The van der Waals surface area contributed by atoms with E-state index in [1.165, 1.54) is 11.8 Å². The summed E-state index contributed by atoms with van der Waals surface area (Å²) >= 11 is 1.45. The van der Waals surface area contributed by atoms with E-state index in [-0.39, 0.29) is 0 Å². The molecule has 0 atom stereocenters. The fourth-order valence-corrected chi connectivity index (χ4v) is 1.26. The highest BCUT2D eigenvalue weighted by atomic mass is 32.2. The zero-order chi connectivity index (χ0) is 8.27. The van der Waals surface area contributed by atoms with Gasteiger partial charge in [-0.1, -0.05) is 11.8 Å². The minimum Gasteiger partial charge on any atom is -0.401 e. The lowest BCUT2D eigenvalue weighted by Gasteiger charge is -1.97. The van der Waals surface area contributed by atoms with Crippen LogP contribution in [-0.2, 0) is 0 Å². The molecular formula is C7H13N3S. The molecule has 0 bridgehead atoms. The van der Waals surface area contributed by atoms with Gasteiger partial charge in [0.25, 0.3) is 0 Å². The fourth-order valence-electron chi connectivity index (χ4n) is 1.06. The Labute approximate surface area is 70.9 Å². The lowest BCUT2D eigenvalue weighted by Crippen LogP contribution is -2.06. The molecule has 11 heavy (non-hydrogen) atoms. The highest BCUT2D eigenvalue weighted by molar-refractivity contribution is 8.13. The molecule has 0 fully saturated rings. The van der Waals surface area contributed by atoms with E-state index in [1.807, 2.05) is 6.26 Å². The molecule has 0 amide bonds. The second kappa shape index (κ2) is 3.67. The van der Waals surface area contributed by atoms with E-state index in [4.69, 9.17) is 11.5 Å². The molecule has 0 saturated carbocycles. The molecule has 0 aromatic carbocycles. The minimum absolute atomic E-state index is 0.602. The van der Waals surface area contributed by atoms with Crippen LogP contribution >= 0.6 is 11.8 Å². The van der Waals surface area contributed by atoms with Crippen molar-refractivity contribution in [2.75, 3.05) is 6.26 Å². The molecule has 0 unspecified atom stereocenters. The monoisotopic (exact) mass is 171 g/mol. The predicted octanol–water partition coefficient (Wildman–Crippen LogP) is 1.02. The molecule has 3 nitrogen and oxygen atoms in total. The van der Waals surface area contributed by atoms with E-state index in [0.29, 0.717) is 5.17 Å². The molecule has 0 aliphatic heterocycles. The Balaban J connectivity index is 2.68. The average Bonchev–Trinajstić information content (AvgIpc) is 2.37. The molecule has 4 N–H and O–H groups in total. The van der Waals surface area contributed by atoms with E-state index < -0.39 is 0 Å². The molecule has 1 aliphatic carbocycles. The van der Waals surface area contributed by atoms with Gasteiger partial charge in [0.1, 0.15) is 0 Å². The molecule has 0 radical (unpaired) electrons.